The van der Waals surface area contributed by atoms with E-state index < -0.39 is 7.80 Å². The average molecular weight is 288 g/mol. The van der Waals surface area contributed by atoms with Crippen molar-refractivity contribution in [3.05, 3.63) is 0 Å². The summed E-state index contributed by atoms with van der Waals surface area (Å²) in [6.45, 7) is 4.32. The Labute approximate surface area is 122 Å². The molecule has 1 nitrogen and oxygen atoms in total. The highest BCUT2D eigenvalue weighted by molar-refractivity contribution is 7.44. The summed E-state index contributed by atoms with van der Waals surface area (Å²) in [5, 5.41) is 0. The third-order valence-electron chi connectivity index (χ3n) is 3.95. The molecular formula is C17H37OP. The predicted molar refractivity (Wildman–Crippen MR) is 90.1 cm³/mol. The fourth-order valence-corrected chi connectivity index (χ4v) is 3.51. The Morgan fingerprint density at radius 1 is 0.579 bits per heavy atom. The maximum atomic E-state index is 11.3. The Hall–Kier alpha value is 0.230. The number of hydrogen-bond donors (Lipinski definition) is 0. The van der Waals surface area contributed by atoms with Gasteiger partial charge in [-0.2, -0.15) is 0 Å². The molecule has 1 unspecified atom stereocenters. The predicted octanol–water partition coefficient (Wildman–Crippen LogP) is 6.66. The third kappa shape index (κ3) is 16.2. The van der Waals surface area contributed by atoms with E-state index in [4.69, 9.17) is 0 Å². The van der Waals surface area contributed by atoms with Crippen LogP contribution in [0.25, 0.3) is 0 Å². The van der Waals surface area contributed by atoms with E-state index >= 15 is 0 Å². The van der Waals surface area contributed by atoms with Crippen LogP contribution < -0.4 is 0 Å². The van der Waals surface area contributed by atoms with E-state index in [2.05, 4.69) is 6.92 Å². The molecule has 0 fully saturated rings. The van der Waals surface area contributed by atoms with Crippen LogP contribution in [0.4, 0.5) is 0 Å². The van der Waals surface area contributed by atoms with E-state index in [0.717, 1.165) is 12.3 Å². The highest BCUT2D eigenvalue weighted by atomic mass is 31.1. The summed E-state index contributed by atoms with van der Waals surface area (Å²) < 4.78 is 11.3. The first-order valence-corrected chi connectivity index (χ1v) is 10.6. The molecule has 0 radical (unpaired) electrons. The lowest BCUT2D eigenvalue weighted by Gasteiger charge is -2.03. The summed E-state index contributed by atoms with van der Waals surface area (Å²) in [6.07, 6.45) is 20.0. The molecule has 19 heavy (non-hydrogen) atoms. The molecule has 0 aromatic heterocycles. The Bertz CT molecular complexity index is 192. The summed E-state index contributed by atoms with van der Waals surface area (Å²) in [7, 11) is -1.19. The van der Waals surface area contributed by atoms with Crippen molar-refractivity contribution >= 4 is 7.80 Å². The van der Waals surface area contributed by atoms with Crippen molar-refractivity contribution in [3.63, 3.8) is 0 Å². The van der Waals surface area contributed by atoms with Crippen molar-refractivity contribution in [2.45, 2.75) is 97.3 Å². The lowest BCUT2D eigenvalue weighted by Crippen LogP contribution is -1.84. The molecule has 0 aromatic carbocycles. The van der Waals surface area contributed by atoms with E-state index in [1.807, 2.05) is 6.92 Å². The molecule has 0 amide bonds. The average Bonchev–Trinajstić information content (AvgIpc) is 2.43. The van der Waals surface area contributed by atoms with Gasteiger partial charge in [0.25, 0.3) is 0 Å². The molecule has 0 saturated heterocycles. The van der Waals surface area contributed by atoms with Gasteiger partial charge >= 0.3 is 0 Å². The van der Waals surface area contributed by atoms with Gasteiger partial charge in [0.05, 0.1) is 7.80 Å². The summed E-state index contributed by atoms with van der Waals surface area (Å²) in [5.74, 6) is 0. The normalized spacial score (nSPS) is 12.7. The van der Waals surface area contributed by atoms with E-state index in [0.29, 0.717) is 0 Å². The summed E-state index contributed by atoms with van der Waals surface area (Å²) in [5.41, 5.74) is 0. The number of rotatable bonds is 15. The highest BCUT2D eigenvalue weighted by Crippen LogP contribution is 2.21. The van der Waals surface area contributed by atoms with E-state index in [1.165, 1.54) is 83.5 Å². The molecule has 116 valence electrons. The maximum Gasteiger partial charge on any atom is 0.0759 e. The van der Waals surface area contributed by atoms with Crippen LogP contribution in [-0.4, -0.2) is 12.3 Å². The van der Waals surface area contributed by atoms with Gasteiger partial charge in [0, 0.05) is 0 Å². The van der Waals surface area contributed by atoms with Gasteiger partial charge in [0.2, 0.25) is 0 Å². The van der Waals surface area contributed by atoms with Gasteiger partial charge in [-0.3, -0.25) is 0 Å². The number of hydrogen-bond acceptors (Lipinski definition) is 1. The molecule has 0 saturated carbocycles. The lowest BCUT2D eigenvalue weighted by atomic mass is 10.1. The molecule has 0 heterocycles. The smallest absolute Gasteiger partial charge is 0.0759 e. The fourth-order valence-electron chi connectivity index (χ4n) is 2.52. The van der Waals surface area contributed by atoms with Crippen LogP contribution in [0, 0.1) is 0 Å². The first kappa shape index (κ1) is 19.2. The fraction of sp³-hybridized carbons (Fsp3) is 1.00. The largest absolute Gasteiger partial charge is 0.327 e. The highest BCUT2D eigenvalue weighted by Gasteiger charge is 1.96. The molecule has 0 aromatic rings. The zero-order chi connectivity index (χ0) is 14.2. The van der Waals surface area contributed by atoms with Gasteiger partial charge in [0.1, 0.15) is 0 Å². The standard InChI is InChI=1S/C17H37OP/c1-3-5-6-7-8-9-10-11-12-13-14-15-16-17-19(18)4-2/h19H,3-17H2,1-2H3. The summed E-state index contributed by atoms with van der Waals surface area (Å²) >= 11 is 0. The zero-order valence-corrected chi connectivity index (χ0v) is 14.5. The minimum Gasteiger partial charge on any atom is -0.327 e. The summed E-state index contributed by atoms with van der Waals surface area (Å²) in [4.78, 5) is 0. The van der Waals surface area contributed by atoms with Crippen LogP contribution in [0.5, 0.6) is 0 Å². The molecule has 0 aliphatic heterocycles. The van der Waals surface area contributed by atoms with Crippen LogP contribution in [0.2, 0.25) is 0 Å². The molecule has 0 aliphatic carbocycles. The maximum absolute atomic E-state index is 11.3. The first-order valence-electron chi connectivity index (χ1n) is 8.83. The van der Waals surface area contributed by atoms with Crippen molar-refractivity contribution in [1.82, 2.24) is 0 Å². The lowest BCUT2D eigenvalue weighted by molar-refractivity contribution is 0.541. The van der Waals surface area contributed by atoms with Gasteiger partial charge in [0.15, 0.2) is 0 Å². The Morgan fingerprint density at radius 3 is 1.32 bits per heavy atom. The van der Waals surface area contributed by atoms with Gasteiger partial charge in [-0.25, -0.2) is 0 Å². The first-order chi connectivity index (χ1) is 9.31. The second-order valence-corrected chi connectivity index (χ2v) is 8.17. The van der Waals surface area contributed by atoms with E-state index in [1.54, 1.807) is 0 Å². The second kappa shape index (κ2) is 16.3. The summed E-state index contributed by atoms with van der Waals surface area (Å²) in [6, 6.07) is 0. The molecule has 1 atom stereocenters. The second-order valence-electron chi connectivity index (χ2n) is 5.88. The topological polar surface area (TPSA) is 17.1 Å². The molecule has 0 bridgehead atoms. The molecule has 0 aliphatic rings. The Balaban J connectivity index is 2.97. The number of unbranched alkanes of at least 4 members (excludes halogenated alkanes) is 12. The van der Waals surface area contributed by atoms with Crippen LogP contribution in [0.15, 0.2) is 0 Å². The van der Waals surface area contributed by atoms with Crippen molar-refractivity contribution in [2.75, 3.05) is 12.3 Å². The molecule has 0 N–H and O–H groups in total. The van der Waals surface area contributed by atoms with Crippen LogP contribution in [0.3, 0.4) is 0 Å². The van der Waals surface area contributed by atoms with Crippen molar-refractivity contribution < 1.29 is 4.57 Å². The molecular weight excluding hydrogens is 251 g/mol. The minimum atomic E-state index is -1.19. The third-order valence-corrected chi connectivity index (χ3v) is 5.65. The van der Waals surface area contributed by atoms with Crippen molar-refractivity contribution in [2.24, 2.45) is 0 Å². The van der Waals surface area contributed by atoms with Crippen molar-refractivity contribution in [3.8, 4) is 0 Å². The van der Waals surface area contributed by atoms with Crippen LogP contribution in [-0.2, 0) is 4.57 Å². The molecule has 0 rings (SSSR count). The van der Waals surface area contributed by atoms with Gasteiger partial charge in [-0.1, -0.05) is 90.9 Å². The van der Waals surface area contributed by atoms with E-state index in [9.17, 15) is 4.57 Å². The van der Waals surface area contributed by atoms with Gasteiger partial charge < -0.3 is 4.57 Å². The Morgan fingerprint density at radius 2 is 0.947 bits per heavy atom. The van der Waals surface area contributed by atoms with Crippen molar-refractivity contribution in [1.29, 1.82) is 0 Å². The molecule has 0 spiro atoms. The van der Waals surface area contributed by atoms with Gasteiger partial charge in [-0.15, -0.1) is 0 Å². The van der Waals surface area contributed by atoms with E-state index in [-0.39, 0.29) is 0 Å². The van der Waals surface area contributed by atoms with Crippen LogP contribution in [0.1, 0.15) is 97.3 Å². The van der Waals surface area contributed by atoms with Gasteiger partial charge in [-0.05, 0) is 18.7 Å². The van der Waals surface area contributed by atoms with Crippen LogP contribution >= 0.6 is 7.80 Å². The monoisotopic (exact) mass is 288 g/mol. The Kier molecular flexibility index (Phi) is 16.5. The zero-order valence-electron chi connectivity index (χ0n) is 13.5. The SMILES string of the molecule is CCCCCCCCCCCCCCC[PH](=O)CC. The minimum absolute atomic E-state index is 0.906. The quantitative estimate of drug-likeness (QED) is 0.243. The molecule has 2 heteroatoms.